The fourth-order valence-corrected chi connectivity index (χ4v) is 3.51. The second kappa shape index (κ2) is 10.0. The van der Waals surface area contributed by atoms with Gasteiger partial charge in [-0.3, -0.25) is 4.79 Å². The van der Waals surface area contributed by atoms with Crippen LogP contribution in [0.15, 0.2) is 12.1 Å². The molecule has 2 fully saturated rings. The van der Waals surface area contributed by atoms with Gasteiger partial charge in [0, 0.05) is 19.1 Å². The van der Waals surface area contributed by atoms with Crippen LogP contribution in [0.5, 0.6) is 17.2 Å². The molecule has 0 bridgehead atoms. The summed E-state index contributed by atoms with van der Waals surface area (Å²) >= 11 is 0. The molecule has 0 spiro atoms. The monoisotopic (exact) mass is 398 g/mol. The molecule has 1 aromatic rings. The second-order valence-corrected chi connectivity index (χ2v) is 7.22. The molecule has 1 heterocycles. The lowest BCUT2D eigenvalue weighted by Crippen LogP contribution is -2.45. The molecule has 1 saturated heterocycles. The van der Waals surface area contributed by atoms with Crippen LogP contribution >= 0.6 is 12.4 Å². The van der Waals surface area contributed by atoms with E-state index in [1.54, 1.807) is 21.3 Å². The van der Waals surface area contributed by atoms with E-state index >= 15 is 0 Å². The normalized spacial score (nSPS) is 17.2. The molecule has 0 aromatic heterocycles. The van der Waals surface area contributed by atoms with Crippen LogP contribution in [0.4, 0.5) is 0 Å². The standard InChI is InChI=1S/C20H30N2O4.ClH/c1-24-17-10-15(11-18(25-2)20(17)26-3)12-19(23)22-8-6-16(7-9-22)21-13-14-4-5-14;/h10-11,14,16,21H,4-9,12-13H2,1-3H3;1H. The third kappa shape index (κ3) is 5.66. The van der Waals surface area contributed by atoms with E-state index in [0.29, 0.717) is 29.7 Å². The number of nitrogens with zero attached hydrogens (tertiary/aromatic N) is 1. The van der Waals surface area contributed by atoms with Crippen molar-refractivity contribution >= 4 is 18.3 Å². The van der Waals surface area contributed by atoms with E-state index in [1.807, 2.05) is 17.0 Å². The maximum absolute atomic E-state index is 12.7. The van der Waals surface area contributed by atoms with Gasteiger partial charge in [0.1, 0.15) is 0 Å². The minimum absolute atomic E-state index is 0. The number of amides is 1. The van der Waals surface area contributed by atoms with Crippen LogP contribution in [0.3, 0.4) is 0 Å². The van der Waals surface area contributed by atoms with Crippen LogP contribution in [0, 0.1) is 5.92 Å². The van der Waals surface area contributed by atoms with E-state index in [-0.39, 0.29) is 18.3 Å². The maximum atomic E-state index is 12.7. The van der Waals surface area contributed by atoms with Gasteiger partial charge >= 0.3 is 0 Å². The van der Waals surface area contributed by atoms with Crippen LogP contribution in [-0.4, -0.2) is 57.8 Å². The third-order valence-electron chi connectivity index (χ3n) is 5.32. The highest BCUT2D eigenvalue weighted by atomic mass is 35.5. The number of likely N-dealkylation sites (tertiary alicyclic amines) is 1. The first kappa shape index (κ1) is 21.6. The molecule has 3 rings (SSSR count). The Bertz CT molecular complexity index is 603. The summed E-state index contributed by atoms with van der Waals surface area (Å²) in [6.45, 7) is 2.79. The van der Waals surface area contributed by atoms with Crippen molar-refractivity contribution < 1.29 is 19.0 Å². The van der Waals surface area contributed by atoms with Crippen LogP contribution < -0.4 is 19.5 Å². The number of hydrogen-bond acceptors (Lipinski definition) is 5. The zero-order valence-electron chi connectivity index (χ0n) is 16.5. The highest BCUT2D eigenvalue weighted by Gasteiger charge is 2.26. The van der Waals surface area contributed by atoms with Gasteiger partial charge in [0.2, 0.25) is 11.7 Å². The second-order valence-electron chi connectivity index (χ2n) is 7.22. The van der Waals surface area contributed by atoms with Gasteiger partial charge in [-0.15, -0.1) is 12.4 Å². The molecule has 1 saturated carbocycles. The van der Waals surface area contributed by atoms with Crippen molar-refractivity contribution in [2.75, 3.05) is 41.0 Å². The first-order valence-electron chi connectivity index (χ1n) is 9.44. The molecular weight excluding hydrogens is 368 g/mol. The highest BCUT2D eigenvalue weighted by Crippen LogP contribution is 2.38. The van der Waals surface area contributed by atoms with Gasteiger partial charge in [0.15, 0.2) is 11.5 Å². The van der Waals surface area contributed by atoms with Gasteiger partial charge in [0.05, 0.1) is 27.8 Å². The summed E-state index contributed by atoms with van der Waals surface area (Å²) in [4.78, 5) is 14.7. The number of piperidine rings is 1. The average Bonchev–Trinajstić information content (AvgIpc) is 3.50. The molecule has 6 nitrogen and oxygen atoms in total. The molecule has 0 radical (unpaired) electrons. The summed E-state index contributed by atoms with van der Waals surface area (Å²) in [6.07, 6.45) is 5.16. The molecule has 0 atom stereocenters. The number of methoxy groups -OCH3 is 3. The Morgan fingerprint density at radius 2 is 1.63 bits per heavy atom. The predicted octanol–water partition coefficient (Wildman–Crippen LogP) is 2.67. The Hall–Kier alpha value is -1.66. The predicted molar refractivity (Wildman–Crippen MR) is 107 cm³/mol. The number of ether oxygens (including phenoxy) is 3. The fraction of sp³-hybridized carbons (Fsp3) is 0.650. The van der Waals surface area contributed by atoms with Gasteiger partial charge in [-0.05, 0) is 55.8 Å². The van der Waals surface area contributed by atoms with Crippen LogP contribution in [0.1, 0.15) is 31.2 Å². The van der Waals surface area contributed by atoms with E-state index in [2.05, 4.69) is 5.32 Å². The highest BCUT2D eigenvalue weighted by molar-refractivity contribution is 5.85. The van der Waals surface area contributed by atoms with Crippen LogP contribution in [0.25, 0.3) is 0 Å². The summed E-state index contributed by atoms with van der Waals surface area (Å²) in [5.41, 5.74) is 0.874. The lowest BCUT2D eigenvalue weighted by Gasteiger charge is -2.32. The van der Waals surface area contributed by atoms with Gasteiger partial charge < -0.3 is 24.4 Å². The van der Waals surface area contributed by atoms with Gasteiger partial charge in [-0.1, -0.05) is 0 Å². The maximum Gasteiger partial charge on any atom is 0.226 e. The zero-order valence-corrected chi connectivity index (χ0v) is 17.3. The summed E-state index contributed by atoms with van der Waals surface area (Å²) in [5.74, 6) is 2.76. The quantitative estimate of drug-likeness (QED) is 0.729. The molecule has 1 aromatic carbocycles. The average molecular weight is 399 g/mol. The number of carbonyl (C=O) groups is 1. The molecule has 1 aliphatic heterocycles. The first-order chi connectivity index (χ1) is 12.6. The van der Waals surface area contributed by atoms with E-state index in [0.717, 1.165) is 44.0 Å². The summed E-state index contributed by atoms with van der Waals surface area (Å²) < 4.78 is 16.1. The van der Waals surface area contributed by atoms with Crippen molar-refractivity contribution in [1.82, 2.24) is 10.2 Å². The van der Waals surface area contributed by atoms with Crippen molar-refractivity contribution in [2.45, 2.75) is 38.1 Å². The number of halogens is 1. The smallest absolute Gasteiger partial charge is 0.226 e. The van der Waals surface area contributed by atoms with Crippen molar-refractivity contribution in [3.63, 3.8) is 0 Å². The fourth-order valence-electron chi connectivity index (χ4n) is 3.51. The Kier molecular flexibility index (Phi) is 8.05. The minimum Gasteiger partial charge on any atom is -0.493 e. The Labute approximate surface area is 167 Å². The number of hydrogen-bond donors (Lipinski definition) is 1. The van der Waals surface area contributed by atoms with E-state index in [4.69, 9.17) is 14.2 Å². The molecule has 0 unspecified atom stereocenters. The summed E-state index contributed by atoms with van der Waals surface area (Å²) in [7, 11) is 4.75. The van der Waals surface area contributed by atoms with Crippen molar-refractivity contribution in [1.29, 1.82) is 0 Å². The molecule has 2 aliphatic rings. The van der Waals surface area contributed by atoms with Crippen LogP contribution in [0.2, 0.25) is 0 Å². The molecular formula is C20H31ClN2O4. The number of rotatable bonds is 8. The van der Waals surface area contributed by atoms with Crippen molar-refractivity contribution in [3.05, 3.63) is 17.7 Å². The Morgan fingerprint density at radius 1 is 1.04 bits per heavy atom. The molecule has 152 valence electrons. The number of benzene rings is 1. The van der Waals surface area contributed by atoms with Gasteiger partial charge in [0.25, 0.3) is 0 Å². The SMILES string of the molecule is COc1cc(CC(=O)N2CCC(NCC3CC3)CC2)cc(OC)c1OC.Cl. The largest absolute Gasteiger partial charge is 0.493 e. The third-order valence-corrected chi connectivity index (χ3v) is 5.32. The summed E-state index contributed by atoms with van der Waals surface area (Å²) in [6, 6.07) is 4.26. The molecule has 1 amide bonds. The van der Waals surface area contributed by atoms with E-state index in [1.165, 1.54) is 12.8 Å². The topological polar surface area (TPSA) is 60.0 Å². The molecule has 1 N–H and O–H groups in total. The first-order valence-corrected chi connectivity index (χ1v) is 9.44. The van der Waals surface area contributed by atoms with E-state index < -0.39 is 0 Å². The lowest BCUT2D eigenvalue weighted by atomic mass is 10.0. The Morgan fingerprint density at radius 3 is 2.11 bits per heavy atom. The van der Waals surface area contributed by atoms with Crippen molar-refractivity contribution in [3.8, 4) is 17.2 Å². The molecule has 27 heavy (non-hydrogen) atoms. The zero-order chi connectivity index (χ0) is 18.5. The number of nitrogens with one attached hydrogen (secondary N) is 1. The van der Waals surface area contributed by atoms with Gasteiger partial charge in [-0.25, -0.2) is 0 Å². The lowest BCUT2D eigenvalue weighted by molar-refractivity contribution is -0.131. The molecule has 1 aliphatic carbocycles. The Balaban J connectivity index is 0.00000261. The number of carbonyl (C=O) groups excluding carboxylic acids is 1. The molecule has 7 heteroatoms. The minimum atomic E-state index is 0. The van der Waals surface area contributed by atoms with Crippen LogP contribution in [-0.2, 0) is 11.2 Å². The van der Waals surface area contributed by atoms with Gasteiger partial charge in [-0.2, -0.15) is 0 Å². The van der Waals surface area contributed by atoms with Crippen molar-refractivity contribution in [2.24, 2.45) is 5.92 Å². The summed E-state index contributed by atoms with van der Waals surface area (Å²) in [5, 5.41) is 3.65. The van der Waals surface area contributed by atoms with E-state index in [9.17, 15) is 4.79 Å².